The topological polar surface area (TPSA) is 107 Å². The minimum absolute atomic E-state index is 0.571. The highest BCUT2D eigenvalue weighted by atomic mass is 32.2. The minimum Gasteiger partial charge on any atom is -0.760 e. The predicted molar refractivity (Wildman–Crippen MR) is 61.2 cm³/mol. The largest absolute Gasteiger partial charge is 0.760 e. The van der Waals surface area contributed by atoms with Crippen molar-refractivity contribution in [1.82, 2.24) is 0 Å². The zero-order valence-corrected chi connectivity index (χ0v) is 10.9. The molecule has 4 N–H and O–H groups in total. The summed E-state index contributed by atoms with van der Waals surface area (Å²) in [5.74, 6) is -3.79. The first kappa shape index (κ1) is 18.0. The number of nitrogens with two attached hydrogens (primary N) is 1. The molecule has 0 aromatic heterocycles. The first-order valence-corrected chi connectivity index (χ1v) is 5.96. The van der Waals surface area contributed by atoms with Crippen molar-refractivity contribution >= 4 is 11.3 Å². The van der Waals surface area contributed by atoms with E-state index in [2.05, 4.69) is 5.14 Å². The molecule has 0 aliphatic heterocycles. The van der Waals surface area contributed by atoms with Crippen LogP contribution in [0.5, 0.6) is 0 Å². The Bertz CT molecular complexity index is 459. The van der Waals surface area contributed by atoms with Gasteiger partial charge in [0.25, 0.3) is 5.79 Å². The monoisotopic (exact) mass is 300 g/mol. The summed E-state index contributed by atoms with van der Waals surface area (Å²) >= 11 is -2.36. The van der Waals surface area contributed by atoms with E-state index < -0.39 is 28.8 Å². The molecule has 19 heavy (non-hydrogen) atoms. The Balaban J connectivity index is 0.000000711. The van der Waals surface area contributed by atoms with Crippen LogP contribution >= 0.6 is 0 Å². The standard InChI is InChI=1S/C10H11F3O2.H3NO2S/c1-6-3-4-8(5-7(6)2)9(14,15)10(11,12)13;1-4(2)3/h3-5,14-15H,1-2H3;1H2,(H,2,3)/p-1. The van der Waals surface area contributed by atoms with Crippen molar-refractivity contribution < 1.29 is 32.1 Å². The molecule has 0 aliphatic carbocycles. The van der Waals surface area contributed by atoms with Gasteiger partial charge in [0, 0.05) is 16.8 Å². The van der Waals surface area contributed by atoms with Gasteiger partial charge in [-0.25, -0.2) is 0 Å². The maximum Gasteiger partial charge on any atom is 0.447 e. The lowest BCUT2D eigenvalue weighted by Gasteiger charge is -2.25. The molecule has 1 atom stereocenters. The van der Waals surface area contributed by atoms with Gasteiger partial charge in [-0.05, 0) is 25.0 Å². The molecule has 0 saturated carbocycles. The number of alkyl halides is 3. The molecule has 0 heterocycles. The fourth-order valence-corrected chi connectivity index (χ4v) is 1.12. The van der Waals surface area contributed by atoms with Crippen LogP contribution in [-0.2, 0) is 17.1 Å². The molecule has 5 nitrogen and oxygen atoms in total. The predicted octanol–water partition coefficient (Wildman–Crippen LogP) is 0.742. The van der Waals surface area contributed by atoms with Crippen molar-refractivity contribution in [3.05, 3.63) is 34.9 Å². The van der Waals surface area contributed by atoms with Crippen molar-refractivity contribution in [2.45, 2.75) is 25.8 Å². The van der Waals surface area contributed by atoms with Crippen LogP contribution in [0.1, 0.15) is 16.7 Å². The SMILES string of the molecule is Cc1ccc(C(O)(O)C(F)(F)F)cc1C.NS(=O)[O-]. The number of aryl methyl sites for hydroxylation is 2. The van der Waals surface area contributed by atoms with Crippen LogP contribution in [0.2, 0.25) is 0 Å². The smallest absolute Gasteiger partial charge is 0.447 e. The second-order valence-electron chi connectivity index (χ2n) is 3.73. The first-order valence-electron chi connectivity index (χ1n) is 4.82. The Morgan fingerprint density at radius 2 is 1.63 bits per heavy atom. The van der Waals surface area contributed by atoms with Gasteiger partial charge in [0.2, 0.25) is 0 Å². The highest BCUT2D eigenvalue weighted by molar-refractivity contribution is 7.76. The molecule has 0 bridgehead atoms. The van der Waals surface area contributed by atoms with Gasteiger partial charge in [0.1, 0.15) is 0 Å². The number of benzene rings is 1. The number of hydrogen-bond donors (Lipinski definition) is 3. The molecule has 0 spiro atoms. The molecule has 9 heteroatoms. The van der Waals surface area contributed by atoms with Crippen LogP contribution in [0, 0.1) is 13.8 Å². The van der Waals surface area contributed by atoms with E-state index in [-0.39, 0.29) is 0 Å². The summed E-state index contributed by atoms with van der Waals surface area (Å²) in [4.78, 5) is 0. The van der Waals surface area contributed by atoms with Crippen molar-refractivity contribution in [3.8, 4) is 0 Å². The summed E-state index contributed by atoms with van der Waals surface area (Å²) in [6.07, 6.45) is -5.10. The normalized spacial score (nSPS) is 13.5. The molecular weight excluding hydrogens is 287 g/mol. The molecule has 0 radical (unpaired) electrons. The zero-order valence-electron chi connectivity index (χ0n) is 10.1. The zero-order chi connectivity index (χ0) is 15.4. The second-order valence-corrected chi connectivity index (χ2v) is 4.25. The number of hydrogen-bond acceptors (Lipinski definition) is 4. The molecule has 1 aromatic carbocycles. The molecule has 0 amide bonds. The van der Waals surface area contributed by atoms with Crippen LogP contribution in [0.4, 0.5) is 13.2 Å². The van der Waals surface area contributed by atoms with E-state index in [1.54, 1.807) is 13.8 Å². The average molecular weight is 300 g/mol. The van der Waals surface area contributed by atoms with Crippen molar-refractivity contribution in [2.24, 2.45) is 5.14 Å². The third kappa shape index (κ3) is 5.25. The quantitative estimate of drug-likeness (QED) is 0.525. The van der Waals surface area contributed by atoms with E-state index in [0.29, 0.717) is 5.56 Å². The Labute approximate surface area is 110 Å². The summed E-state index contributed by atoms with van der Waals surface area (Å²) in [7, 11) is 0. The Hall–Kier alpha value is -1.00. The molecule has 0 fully saturated rings. The fourth-order valence-electron chi connectivity index (χ4n) is 1.12. The van der Waals surface area contributed by atoms with Crippen molar-refractivity contribution in [3.63, 3.8) is 0 Å². The van der Waals surface area contributed by atoms with E-state index in [9.17, 15) is 13.2 Å². The first-order chi connectivity index (χ1) is 8.39. The number of halogens is 3. The van der Waals surface area contributed by atoms with Gasteiger partial charge >= 0.3 is 6.18 Å². The molecule has 0 saturated heterocycles. The molecule has 110 valence electrons. The lowest BCUT2D eigenvalue weighted by molar-refractivity contribution is -0.358. The van der Waals surface area contributed by atoms with E-state index in [1.165, 1.54) is 6.07 Å². The maximum atomic E-state index is 12.3. The van der Waals surface area contributed by atoms with Crippen molar-refractivity contribution in [1.29, 1.82) is 0 Å². The molecule has 1 unspecified atom stereocenters. The summed E-state index contributed by atoms with van der Waals surface area (Å²) in [5.41, 5.74) is 0.791. The molecule has 1 aromatic rings. The van der Waals surface area contributed by atoms with Crippen LogP contribution in [-0.4, -0.2) is 25.2 Å². The van der Waals surface area contributed by atoms with E-state index >= 15 is 0 Å². The van der Waals surface area contributed by atoms with Gasteiger partial charge in [0.15, 0.2) is 0 Å². The highest BCUT2D eigenvalue weighted by Gasteiger charge is 2.54. The lowest BCUT2D eigenvalue weighted by atomic mass is 10.00. The maximum absolute atomic E-state index is 12.3. The van der Waals surface area contributed by atoms with Crippen molar-refractivity contribution in [2.75, 3.05) is 0 Å². The summed E-state index contributed by atoms with van der Waals surface area (Å²) in [6, 6.07) is 3.58. The van der Waals surface area contributed by atoms with Gasteiger partial charge < -0.3 is 14.8 Å². The molecule has 0 aliphatic rings. The van der Waals surface area contributed by atoms with Gasteiger partial charge in [-0.1, -0.05) is 18.2 Å². The van der Waals surface area contributed by atoms with E-state index in [0.717, 1.165) is 17.7 Å². The lowest BCUT2D eigenvalue weighted by Crippen LogP contribution is -2.42. The van der Waals surface area contributed by atoms with Crippen LogP contribution < -0.4 is 5.14 Å². The Morgan fingerprint density at radius 1 is 1.21 bits per heavy atom. The second kappa shape index (κ2) is 6.44. The van der Waals surface area contributed by atoms with Crippen LogP contribution in [0.3, 0.4) is 0 Å². The van der Waals surface area contributed by atoms with Gasteiger partial charge in [0.05, 0.1) is 0 Å². The summed E-state index contributed by atoms with van der Waals surface area (Å²) in [6.45, 7) is 3.33. The van der Waals surface area contributed by atoms with Gasteiger partial charge in [-0.2, -0.15) is 13.2 Å². The fraction of sp³-hybridized carbons (Fsp3) is 0.400. The number of rotatable bonds is 1. The molecular formula is C10H13F3NO4S-. The highest BCUT2D eigenvalue weighted by Crippen LogP contribution is 2.36. The summed E-state index contributed by atoms with van der Waals surface area (Å²) < 4.78 is 54.3. The average Bonchev–Trinajstić information content (AvgIpc) is 2.19. The third-order valence-electron chi connectivity index (χ3n) is 2.30. The van der Waals surface area contributed by atoms with Gasteiger partial charge in [-0.3, -0.25) is 9.35 Å². The third-order valence-corrected chi connectivity index (χ3v) is 2.30. The Kier molecular flexibility index (Phi) is 6.10. The summed E-state index contributed by atoms with van der Waals surface area (Å²) in [5, 5.41) is 22.0. The molecule has 1 rings (SSSR count). The van der Waals surface area contributed by atoms with E-state index in [1.807, 2.05) is 0 Å². The van der Waals surface area contributed by atoms with Crippen LogP contribution in [0.15, 0.2) is 18.2 Å². The van der Waals surface area contributed by atoms with Gasteiger partial charge in [-0.15, -0.1) is 0 Å². The minimum atomic E-state index is -5.10. The number of aliphatic hydroxyl groups is 2. The van der Waals surface area contributed by atoms with Crippen LogP contribution in [0.25, 0.3) is 0 Å². The van der Waals surface area contributed by atoms with E-state index in [4.69, 9.17) is 19.0 Å². The Morgan fingerprint density at radius 3 is 1.95 bits per heavy atom.